The summed E-state index contributed by atoms with van der Waals surface area (Å²) in [6, 6.07) is 0. The van der Waals surface area contributed by atoms with Gasteiger partial charge in [0.1, 0.15) is 0 Å². The zero-order chi connectivity index (χ0) is 14.2. The molecule has 0 aromatic rings. The quantitative estimate of drug-likeness (QED) is 0.638. The first-order chi connectivity index (χ1) is 9.55. The molecule has 1 aliphatic heterocycles. The van der Waals surface area contributed by atoms with Crippen LogP contribution in [-0.4, -0.2) is 47.5 Å². The third kappa shape index (κ3) is 3.26. The van der Waals surface area contributed by atoms with Crippen molar-refractivity contribution in [3.63, 3.8) is 0 Å². The molecule has 0 bridgehead atoms. The van der Waals surface area contributed by atoms with Gasteiger partial charge in [-0.3, -0.25) is 4.99 Å². The summed E-state index contributed by atoms with van der Waals surface area (Å²) in [4.78, 5) is 7.50. The molecule has 0 spiro atoms. The Bertz CT molecular complexity index is 383. The van der Waals surface area contributed by atoms with Crippen molar-refractivity contribution >= 4 is 17.7 Å². The van der Waals surface area contributed by atoms with E-state index in [2.05, 4.69) is 42.7 Å². The smallest absolute Gasteiger partial charge is 0.194 e. The Morgan fingerprint density at radius 2 is 2.10 bits per heavy atom. The van der Waals surface area contributed by atoms with Crippen molar-refractivity contribution in [3.8, 4) is 0 Å². The average molecular weight is 295 g/mol. The molecule has 0 unspecified atom stereocenters. The number of nitrogens with one attached hydrogen (secondary N) is 1. The molecule has 0 radical (unpaired) electrons. The van der Waals surface area contributed by atoms with E-state index in [4.69, 9.17) is 4.99 Å². The van der Waals surface area contributed by atoms with E-state index in [-0.39, 0.29) is 0 Å². The highest BCUT2D eigenvalue weighted by molar-refractivity contribution is 8.00. The van der Waals surface area contributed by atoms with Crippen LogP contribution in [0, 0.1) is 11.3 Å². The van der Waals surface area contributed by atoms with Crippen LogP contribution in [0.15, 0.2) is 4.99 Å². The summed E-state index contributed by atoms with van der Waals surface area (Å²) in [6.07, 6.45) is 5.75. The van der Waals surface area contributed by atoms with E-state index in [0.29, 0.717) is 10.2 Å². The third-order valence-electron chi connectivity index (χ3n) is 4.94. The van der Waals surface area contributed by atoms with Gasteiger partial charge in [-0.15, -0.1) is 0 Å². The zero-order valence-electron chi connectivity index (χ0n) is 13.2. The topological polar surface area (TPSA) is 27.6 Å². The van der Waals surface area contributed by atoms with Crippen molar-refractivity contribution in [1.29, 1.82) is 0 Å². The van der Waals surface area contributed by atoms with E-state index in [1.165, 1.54) is 31.4 Å². The second-order valence-corrected chi connectivity index (χ2v) is 9.14. The highest BCUT2D eigenvalue weighted by Crippen LogP contribution is 2.61. The molecule has 1 saturated heterocycles. The predicted octanol–water partition coefficient (Wildman–Crippen LogP) is 2.97. The zero-order valence-corrected chi connectivity index (χ0v) is 14.1. The molecule has 0 aromatic heterocycles. The monoisotopic (exact) mass is 295 g/mol. The first-order valence-corrected chi connectivity index (χ1v) is 9.20. The van der Waals surface area contributed by atoms with Gasteiger partial charge in [0.25, 0.3) is 0 Å². The lowest BCUT2D eigenvalue weighted by atomic mass is 10.0. The SMILES string of the molecule is CCNC(=NCC1(C2CC2)CC1)N1CCSC(C)(C)C1. The molecule has 4 heteroatoms. The summed E-state index contributed by atoms with van der Waals surface area (Å²) < 4.78 is 0.349. The normalized spacial score (nSPS) is 28.4. The van der Waals surface area contributed by atoms with Crippen LogP contribution in [0.25, 0.3) is 0 Å². The molecule has 20 heavy (non-hydrogen) atoms. The van der Waals surface area contributed by atoms with Crippen molar-refractivity contribution in [1.82, 2.24) is 10.2 Å². The van der Waals surface area contributed by atoms with Crippen LogP contribution in [0.4, 0.5) is 0 Å². The number of rotatable bonds is 4. The lowest BCUT2D eigenvalue weighted by molar-refractivity contribution is 0.371. The largest absolute Gasteiger partial charge is 0.357 e. The van der Waals surface area contributed by atoms with Gasteiger partial charge in [-0.1, -0.05) is 0 Å². The molecule has 2 saturated carbocycles. The molecule has 1 N–H and O–H groups in total. The van der Waals surface area contributed by atoms with E-state index in [1.54, 1.807) is 0 Å². The fourth-order valence-electron chi connectivity index (χ4n) is 3.41. The molecule has 114 valence electrons. The first-order valence-electron chi connectivity index (χ1n) is 8.22. The van der Waals surface area contributed by atoms with Gasteiger partial charge in [-0.25, -0.2) is 0 Å². The number of nitrogens with zero attached hydrogens (tertiary/aromatic N) is 2. The molecule has 3 fully saturated rings. The number of hydrogen-bond acceptors (Lipinski definition) is 2. The predicted molar refractivity (Wildman–Crippen MR) is 88.5 cm³/mol. The fraction of sp³-hybridized carbons (Fsp3) is 0.938. The van der Waals surface area contributed by atoms with Crippen LogP contribution in [-0.2, 0) is 0 Å². The number of hydrogen-bond donors (Lipinski definition) is 1. The maximum atomic E-state index is 5.02. The minimum Gasteiger partial charge on any atom is -0.357 e. The van der Waals surface area contributed by atoms with Crippen molar-refractivity contribution < 1.29 is 0 Å². The van der Waals surface area contributed by atoms with Crippen molar-refractivity contribution in [2.24, 2.45) is 16.3 Å². The van der Waals surface area contributed by atoms with Crippen molar-refractivity contribution in [3.05, 3.63) is 0 Å². The summed E-state index contributed by atoms with van der Waals surface area (Å²) >= 11 is 2.09. The lowest BCUT2D eigenvalue weighted by Gasteiger charge is -2.39. The van der Waals surface area contributed by atoms with Gasteiger partial charge in [0.05, 0.1) is 0 Å². The van der Waals surface area contributed by atoms with Crippen LogP contribution in [0.2, 0.25) is 0 Å². The van der Waals surface area contributed by atoms with Crippen molar-refractivity contribution in [2.75, 3.05) is 31.9 Å². The Morgan fingerprint density at radius 1 is 1.35 bits per heavy atom. The first kappa shape index (κ1) is 14.6. The molecule has 3 aliphatic rings. The Morgan fingerprint density at radius 3 is 2.65 bits per heavy atom. The molecule has 3 rings (SSSR count). The molecule has 0 amide bonds. The van der Waals surface area contributed by atoms with Gasteiger partial charge >= 0.3 is 0 Å². The minimum atomic E-state index is 0.349. The average Bonchev–Trinajstić information content (AvgIpc) is 3.26. The molecule has 2 aliphatic carbocycles. The molecule has 0 aromatic carbocycles. The maximum absolute atomic E-state index is 5.02. The van der Waals surface area contributed by atoms with Crippen LogP contribution >= 0.6 is 11.8 Å². The number of thioether (sulfide) groups is 1. The highest BCUT2D eigenvalue weighted by Gasteiger charge is 2.53. The second-order valence-electron chi connectivity index (χ2n) is 7.34. The Kier molecular flexibility index (Phi) is 3.95. The molecular formula is C16H29N3S. The van der Waals surface area contributed by atoms with E-state index in [0.717, 1.165) is 38.1 Å². The highest BCUT2D eigenvalue weighted by atomic mass is 32.2. The van der Waals surface area contributed by atoms with Crippen LogP contribution in [0.5, 0.6) is 0 Å². The van der Waals surface area contributed by atoms with Gasteiger partial charge in [-0.2, -0.15) is 11.8 Å². The van der Waals surface area contributed by atoms with Crippen LogP contribution in [0.1, 0.15) is 46.5 Å². The number of aliphatic imine (C=N–C) groups is 1. The Labute approximate surface area is 128 Å². The van der Waals surface area contributed by atoms with Gasteiger partial charge in [0, 0.05) is 36.7 Å². The summed E-state index contributed by atoms with van der Waals surface area (Å²) in [6.45, 7) is 11.1. The van der Waals surface area contributed by atoms with Crippen LogP contribution in [0.3, 0.4) is 0 Å². The summed E-state index contributed by atoms with van der Waals surface area (Å²) in [7, 11) is 0. The second kappa shape index (κ2) is 5.43. The maximum Gasteiger partial charge on any atom is 0.194 e. The summed E-state index contributed by atoms with van der Waals surface area (Å²) in [5.41, 5.74) is 0.612. The Balaban J connectivity index is 1.65. The van der Waals surface area contributed by atoms with E-state index in [9.17, 15) is 0 Å². The summed E-state index contributed by atoms with van der Waals surface area (Å²) in [5.74, 6) is 3.38. The fourth-order valence-corrected chi connectivity index (χ4v) is 4.52. The molecule has 3 nitrogen and oxygen atoms in total. The molecular weight excluding hydrogens is 266 g/mol. The Hall–Kier alpha value is -0.380. The molecule has 0 atom stereocenters. The van der Waals surface area contributed by atoms with Gasteiger partial charge in [-0.05, 0) is 57.8 Å². The van der Waals surface area contributed by atoms with E-state index >= 15 is 0 Å². The van der Waals surface area contributed by atoms with Gasteiger partial charge in [0.2, 0.25) is 0 Å². The minimum absolute atomic E-state index is 0.349. The van der Waals surface area contributed by atoms with E-state index < -0.39 is 0 Å². The van der Waals surface area contributed by atoms with Crippen LogP contribution < -0.4 is 5.32 Å². The molecule has 1 heterocycles. The standard InChI is InChI=1S/C16H29N3S/c1-4-17-14(19-9-10-20-15(2,3)12-19)18-11-16(7-8-16)13-5-6-13/h13H,4-12H2,1-3H3,(H,17,18). The van der Waals surface area contributed by atoms with Gasteiger partial charge in [0.15, 0.2) is 5.96 Å². The summed E-state index contributed by atoms with van der Waals surface area (Å²) in [5, 5.41) is 3.52. The lowest BCUT2D eigenvalue weighted by Crippen LogP contribution is -2.51. The van der Waals surface area contributed by atoms with E-state index in [1.807, 2.05) is 0 Å². The van der Waals surface area contributed by atoms with Crippen molar-refractivity contribution in [2.45, 2.75) is 51.2 Å². The third-order valence-corrected chi connectivity index (χ3v) is 6.24. The van der Waals surface area contributed by atoms with Gasteiger partial charge < -0.3 is 10.2 Å². The number of guanidine groups is 1.